The summed E-state index contributed by atoms with van der Waals surface area (Å²) in [5.74, 6) is 0. The van der Waals surface area contributed by atoms with Crippen LogP contribution in [0.1, 0.15) is 49.9 Å². The minimum Gasteiger partial charge on any atom is -0.396 e. The van der Waals surface area contributed by atoms with E-state index in [2.05, 4.69) is 29.1 Å². The Labute approximate surface area is 123 Å². The summed E-state index contributed by atoms with van der Waals surface area (Å²) < 4.78 is 0. The van der Waals surface area contributed by atoms with Gasteiger partial charge in [-0.3, -0.25) is 9.88 Å². The highest BCUT2D eigenvalue weighted by atomic mass is 16.3. The fraction of sp³-hybridized carbons (Fsp3) is 0.706. The van der Waals surface area contributed by atoms with Gasteiger partial charge in [0.05, 0.1) is 5.69 Å². The van der Waals surface area contributed by atoms with Gasteiger partial charge >= 0.3 is 0 Å². The summed E-state index contributed by atoms with van der Waals surface area (Å²) in [6, 6.07) is 6.19. The highest BCUT2D eigenvalue weighted by molar-refractivity contribution is 5.09. The van der Waals surface area contributed by atoms with Crippen molar-refractivity contribution in [2.45, 2.75) is 52.0 Å². The fourth-order valence-electron chi connectivity index (χ4n) is 3.44. The van der Waals surface area contributed by atoms with Crippen LogP contribution < -0.4 is 0 Å². The standard InChI is InChI=1S/C17H28N2O/c1-15-8-7-9-16(18-15)12-19(2)13-17(14-20)10-5-3-4-6-11-17/h7-9,20H,3-6,10-14H2,1-2H3. The molecule has 0 spiro atoms. The Hall–Kier alpha value is -0.930. The van der Waals surface area contributed by atoms with Gasteiger partial charge in [0.1, 0.15) is 0 Å². The van der Waals surface area contributed by atoms with Crippen LogP contribution in [0.25, 0.3) is 0 Å². The lowest BCUT2D eigenvalue weighted by molar-refractivity contribution is 0.0659. The Balaban J connectivity index is 1.96. The number of aromatic nitrogens is 1. The van der Waals surface area contributed by atoms with Crippen LogP contribution in [0.3, 0.4) is 0 Å². The number of hydrogen-bond donors (Lipinski definition) is 1. The largest absolute Gasteiger partial charge is 0.396 e. The molecule has 1 N–H and O–H groups in total. The predicted octanol–water partition coefficient (Wildman–Crippen LogP) is 3.15. The van der Waals surface area contributed by atoms with Gasteiger partial charge in [0.15, 0.2) is 0 Å². The summed E-state index contributed by atoms with van der Waals surface area (Å²) in [6.45, 7) is 4.19. The van der Waals surface area contributed by atoms with Crippen LogP contribution in [0.2, 0.25) is 0 Å². The molecule has 0 saturated heterocycles. The predicted molar refractivity (Wildman–Crippen MR) is 82.5 cm³/mol. The van der Waals surface area contributed by atoms with Crippen molar-refractivity contribution in [3.8, 4) is 0 Å². The first-order valence-corrected chi connectivity index (χ1v) is 7.85. The Morgan fingerprint density at radius 1 is 1.20 bits per heavy atom. The topological polar surface area (TPSA) is 36.4 Å². The highest BCUT2D eigenvalue weighted by Crippen LogP contribution is 2.35. The van der Waals surface area contributed by atoms with Gasteiger partial charge in [0, 0.05) is 30.8 Å². The lowest BCUT2D eigenvalue weighted by atomic mass is 9.80. The van der Waals surface area contributed by atoms with E-state index in [1.54, 1.807) is 0 Å². The molecule has 1 aliphatic rings. The second-order valence-electron chi connectivity index (χ2n) is 6.51. The third-order valence-corrected chi connectivity index (χ3v) is 4.48. The molecular weight excluding hydrogens is 248 g/mol. The molecule has 3 nitrogen and oxygen atoms in total. The van der Waals surface area contributed by atoms with E-state index in [0.717, 1.165) is 37.3 Å². The number of hydrogen-bond acceptors (Lipinski definition) is 3. The monoisotopic (exact) mass is 276 g/mol. The minimum absolute atomic E-state index is 0.106. The average molecular weight is 276 g/mol. The minimum atomic E-state index is 0.106. The van der Waals surface area contributed by atoms with E-state index >= 15 is 0 Å². The van der Waals surface area contributed by atoms with Gasteiger partial charge < -0.3 is 5.11 Å². The second-order valence-corrected chi connectivity index (χ2v) is 6.51. The number of nitrogens with zero attached hydrogens (tertiary/aromatic N) is 2. The molecule has 1 aromatic heterocycles. The maximum absolute atomic E-state index is 9.88. The first kappa shape index (κ1) is 15.5. The van der Waals surface area contributed by atoms with E-state index in [9.17, 15) is 5.11 Å². The molecule has 112 valence electrons. The molecule has 1 saturated carbocycles. The molecule has 2 rings (SSSR count). The van der Waals surface area contributed by atoms with E-state index in [1.807, 2.05) is 13.0 Å². The Morgan fingerprint density at radius 2 is 1.90 bits per heavy atom. The molecule has 0 radical (unpaired) electrons. The number of aryl methyl sites for hydroxylation is 1. The maximum atomic E-state index is 9.88. The van der Waals surface area contributed by atoms with Gasteiger partial charge in [-0.1, -0.05) is 31.7 Å². The summed E-state index contributed by atoms with van der Waals surface area (Å²) in [4.78, 5) is 6.89. The molecule has 0 bridgehead atoms. The van der Waals surface area contributed by atoms with Crippen LogP contribution in [0.15, 0.2) is 18.2 Å². The molecule has 0 amide bonds. The summed E-state index contributed by atoms with van der Waals surface area (Å²) in [5, 5.41) is 9.88. The molecular formula is C17H28N2O. The zero-order valence-electron chi connectivity index (χ0n) is 12.9. The highest BCUT2D eigenvalue weighted by Gasteiger charge is 2.31. The van der Waals surface area contributed by atoms with Crippen molar-refractivity contribution in [2.24, 2.45) is 5.41 Å². The molecule has 0 atom stereocenters. The molecule has 0 aliphatic heterocycles. The summed E-state index contributed by atoms with van der Waals surface area (Å²) in [5.41, 5.74) is 2.30. The van der Waals surface area contributed by atoms with Gasteiger partial charge in [0.25, 0.3) is 0 Å². The Kier molecular flexibility index (Phi) is 5.55. The zero-order chi connectivity index (χ0) is 14.4. The Bertz CT molecular complexity index is 411. The van der Waals surface area contributed by atoms with E-state index in [0.29, 0.717) is 6.61 Å². The first-order valence-electron chi connectivity index (χ1n) is 7.85. The summed E-state index contributed by atoms with van der Waals surface area (Å²) in [7, 11) is 2.15. The zero-order valence-corrected chi connectivity index (χ0v) is 12.9. The normalized spacial score (nSPS) is 19.0. The Morgan fingerprint density at radius 3 is 2.50 bits per heavy atom. The van der Waals surface area contributed by atoms with Crippen LogP contribution in [0.4, 0.5) is 0 Å². The summed E-state index contributed by atoms with van der Waals surface area (Å²) in [6.07, 6.45) is 7.49. The molecule has 1 aromatic rings. The number of aliphatic hydroxyl groups excluding tert-OH is 1. The molecule has 0 aromatic carbocycles. The molecule has 0 unspecified atom stereocenters. The lowest BCUT2D eigenvalue weighted by Crippen LogP contribution is -2.38. The molecule has 20 heavy (non-hydrogen) atoms. The van der Waals surface area contributed by atoms with Crippen molar-refractivity contribution in [1.82, 2.24) is 9.88 Å². The van der Waals surface area contributed by atoms with Gasteiger partial charge in [0.2, 0.25) is 0 Å². The van der Waals surface area contributed by atoms with Gasteiger partial charge in [-0.2, -0.15) is 0 Å². The van der Waals surface area contributed by atoms with Crippen molar-refractivity contribution in [2.75, 3.05) is 20.2 Å². The molecule has 1 heterocycles. The first-order chi connectivity index (χ1) is 9.63. The molecule has 1 aliphatic carbocycles. The van der Waals surface area contributed by atoms with E-state index in [4.69, 9.17) is 0 Å². The maximum Gasteiger partial charge on any atom is 0.0547 e. The van der Waals surface area contributed by atoms with Crippen LogP contribution in [-0.4, -0.2) is 35.2 Å². The SMILES string of the molecule is Cc1cccc(CN(C)CC2(CO)CCCCCC2)n1. The quantitative estimate of drug-likeness (QED) is 0.839. The van der Waals surface area contributed by atoms with Crippen molar-refractivity contribution in [3.63, 3.8) is 0 Å². The van der Waals surface area contributed by atoms with E-state index < -0.39 is 0 Å². The average Bonchev–Trinajstić information content (AvgIpc) is 2.65. The van der Waals surface area contributed by atoms with Crippen molar-refractivity contribution in [3.05, 3.63) is 29.6 Å². The number of rotatable bonds is 5. The van der Waals surface area contributed by atoms with Crippen molar-refractivity contribution < 1.29 is 5.11 Å². The third-order valence-electron chi connectivity index (χ3n) is 4.48. The molecule has 3 heteroatoms. The van der Waals surface area contributed by atoms with Crippen LogP contribution in [0, 0.1) is 12.3 Å². The van der Waals surface area contributed by atoms with Crippen LogP contribution in [-0.2, 0) is 6.54 Å². The van der Waals surface area contributed by atoms with E-state index in [-0.39, 0.29) is 5.41 Å². The fourth-order valence-corrected chi connectivity index (χ4v) is 3.44. The number of aliphatic hydroxyl groups is 1. The third kappa shape index (κ3) is 4.29. The summed E-state index contributed by atoms with van der Waals surface area (Å²) >= 11 is 0. The van der Waals surface area contributed by atoms with Crippen LogP contribution in [0.5, 0.6) is 0 Å². The number of pyridine rings is 1. The van der Waals surface area contributed by atoms with Crippen LogP contribution >= 0.6 is 0 Å². The second kappa shape index (κ2) is 7.19. The smallest absolute Gasteiger partial charge is 0.0547 e. The molecule has 1 fully saturated rings. The lowest BCUT2D eigenvalue weighted by Gasteiger charge is -2.35. The van der Waals surface area contributed by atoms with E-state index in [1.165, 1.54) is 25.7 Å². The van der Waals surface area contributed by atoms with Crippen molar-refractivity contribution in [1.29, 1.82) is 0 Å². The van der Waals surface area contributed by atoms with Crippen molar-refractivity contribution >= 4 is 0 Å². The van der Waals surface area contributed by atoms with Gasteiger partial charge in [-0.05, 0) is 38.9 Å². The van der Waals surface area contributed by atoms with Gasteiger partial charge in [-0.15, -0.1) is 0 Å². The van der Waals surface area contributed by atoms with Gasteiger partial charge in [-0.25, -0.2) is 0 Å².